The number of methoxy groups -OCH3 is 1. The summed E-state index contributed by atoms with van der Waals surface area (Å²) in [5, 5.41) is 3.27. The van der Waals surface area contributed by atoms with E-state index in [0.29, 0.717) is 45.7 Å². The molecule has 0 spiro atoms. The summed E-state index contributed by atoms with van der Waals surface area (Å²) in [6, 6.07) is 7.18. The highest BCUT2D eigenvalue weighted by molar-refractivity contribution is 6.32. The molecule has 0 fully saturated rings. The second-order valence-corrected chi connectivity index (χ2v) is 7.41. The van der Waals surface area contributed by atoms with E-state index < -0.39 is 0 Å². The van der Waals surface area contributed by atoms with Gasteiger partial charge >= 0.3 is 0 Å². The number of hydrogen-bond donors (Lipinski definition) is 2. The molecule has 29 heavy (non-hydrogen) atoms. The third kappa shape index (κ3) is 3.78. The minimum absolute atomic E-state index is 0.0389. The number of carbonyl (C=O) groups excluding carboxylic acids is 1. The van der Waals surface area contributed by atoms with Gasteiger partial charge in [-0.3, -0.25) is 4.79 Å². The van der Waals surface area contributed by atoms with Gasteiger partial charge in [0.05, 0.1) is 35.2 Å². The molecule has 0 aliphatic carbocycles. The van der Waals surface area contributed by atoms with Crippen LogP contribution in [0.15, 0.2) is 30.5 Å². The summed E-state index contributed by atoms with van der Waals surface area (Å²) in [6.07, 6.45) is 2.41. The highest BCUT2D eigenvalue weighted by Crippen LogP contribution is 2.39. The van der Waals surface area contributed by atoms with Crippen LogP contribution in [0.1, 0.15) is 29.9 Å². The van der Waals surface area contributed by atoms with Gasteiger partial charge in [0.25, 0.3) is 5.91 Å². The van der Waals surface area contributed by atoms with E-state index in [9.17, 15) is 4.79 Å². The maximum Gasteiger partial charge on any atom is 0.253 e. The molecule has 8 heteroatoms. The van der Waals surface area contributed by atoms with E-state index in [-0.39, 0.29) is 12.0 Å². The monoisotopic (exact) mass is 412 g/mol. The summed E-state index contributed by atoms with van der Waals surface area (Å²) >= 11 is 6.44. The van der Waals surface area contributed by atoms with E-state index in [1.165, 1.54) is 0 Å². The molecule has 3 aromatic rings. The summed E-state index contributed by atoms with van der Waals surface area (Å²) in [5.74, 6) is 1.44. The van der Waals surface area contributed by atoms with E-state index in [2.05, 4.69) is 20.3 Å². The third-order valence-electron chi connectivity index (χ3n) is 4.58. The summed E-state index contributed by atoms with van der Waals surface area (Å²) < 4.78 is 11.2. The van der Waals surface area contributed by atoms with Gasteiger partial charge < -0.3 is 19.8 Å². The maximum atomic E-state index is 12.0. The smallest absolute Gasteiger partial charge is 0.253 e. The van der Waals surface area contributed by atoms with Gasteiger partial charge in [-0.1, -0.05) is 11.6 Å². The lowest BCUT2D eigenvalue weighted by atomic mass is 10.1. The summed E-state index contributed by atoms with van der Waals surface area (Å²) in [5.41, 5.74) is 3.75. The molecule has 1 aliphatic rings. The van der Waals surface area contributed by atoms with Gasteiger partial charge in [-0.05, 0) is 38.1 Å². The predicted octanol–water partition coefficient (Wildman–Crippen LogP) is 3.87. The SMILES string of the molecule is COc1cc(-c2nccc(-c3cc4c([nH]3)CCNC4=O)n2)cc(Cl)c1OC(C)C. The Labute approximate surface area is 173 Å². The number of H-pyrrole nitrogens is 1. The number of fused-ring (bicyclic) bond motifs is 1. The molecule has 4 rings (SSSR count). The van der Waals surface area contributed by atoms with Gasteiger partial charge in [0.15, 0.2) is 17.3 Å². The Hall–Kier alpha value is -3.06. The van der Waals surface area contributed by atoms with Gasteiger partial charge in [-0.15, -0.1) is 0 Å². The van der Waals surface area contributed by atoms with Crippen LogP contribution in [-0.4, -0.2) is 40.6 Å². The summed E-state index contributed by atoms with van der Waals surface area (Å²) in [7, 11) is 1.56. The number of rotatable bonds is 5. The van der Waals surface area contributed by atoms with Crippen molar-refractivity contribution in [3.05, 3.63) is 46.7 Å². The van der Waals surface area contributed by atoms with Crippen LogP contribution in [-0.2, 0) is 6.42 Å². The quantitative estimate of drug-likeness (QED) is 0.664. The molecule has 2 N–H and O–H groups in total. The molecular formula is C21H21ClN4O3. The van der Waals surface area contributed by atoms with Gasteiger partial charge in [0, 0.05) is 30.4 Å². The Morgan fingerprint density at radius 3 is 2.79 bits per heavy atom. The fourth-order valence-corrected chi connectivity index (χ4v) is 3.53. The topological polar surface area (TPSA) is 89.1 Å². The molecule has 0 atom stereocenters. The molecule has 0 saturated carbocycles. The number of nitrogens with zero attached hydrogens (tertiary/aromatic N) is 2. The number of hydrogen-bond acceptors (Lipinski definition) is 5. The first-order valence-electron chi connectivity index (χ1n) is 9.34. The molecule has 0 saturated heterocycles. The van der Waals surface area contributed by atoms with Crippen molar-refractivity contribution < 1.29 is 14.3 Å². The molecule has 0 bridgehead atoms. The predicted molar refractivity (Wildman–Crippen MR) is 111 cm³/mol. The molecule has 2 aromatic heterocycles. The van der Waals surface area contributed by atoms with Crippen molar-refractivity contribution in [1.29, 1.82) is 0 Å². The normalized spacial score (nSPS) is 13.2. The van der Waals surface area contributed by atoms with Crippen molar-refractivity contribution >= 4 is 17.5 Å². The van der Waals surface area contributed by atoms with Crippen LogP contribution in [0.2, 0.25) is 5.02 Å². The zero-order chi connectivity index (χ0) is 20.5. The fraction of sp³-hybridized carbons (Fsp3) is 0.286. The van der Waals surface area contributed by atoms with E-state index in [0.717, 1.165) is 17.8 Å². The lowest BCUT2D eigenvalue weighted by Gasteiger charge is -2.16. The van der Waals surface area contributed by atoms with Crippen LogP contribution in [0.5, 0.6) is 11.5 Å². The highest BCUT2D eigenvalue weighted by Gasteiger charge is 2.21. The summed E-state index contributed by atoms with van der Waals surface area (Å²) in [4.78, 5) is 24.4. The number of ether oxygens (including phenoxy) is 2. The minimum atomic E-state index is -0.0692. The molecular weight excluding hydrogens is 392 g/mol. The lowest BCUT2D eigenvalue weighted by molar-refractivity contribution is 0.0946. The first-order chi connectivity index (χ1) is 14.0. The largest absolute Gasteiger partial charge is 0.493 e. The van der Waals surface area contributed by atoms with Gasteiger partial charge in [0.1, 0.15) is 0 Å². The second-order valence-electron chi connectivity index (χ2n) is 7.00. The Bertz CT molecular complexity index is 1080. The first-order valence-corrected chi connectivity index (χ1v) is 9.72. The Kier molecular flexibility index (Phi) is 5.15. The van der Waals surface area contributed by atoms with Crippen molar-refractivity contribution in [1.82, 2.24) is 20.3 Å². The zero-order valence-electron chi connectivity index (χ0n) is 16.4. The van der Waals surface area contributed by atoms with Crippen molar-refractivity contribution in [2.45, 2.75) is 26.4 Å². The minimum Gasteiger partial charge on any atom is -0.493 e. The number of carbonyl (C=O) groups is 1. The second kappa shape index (κ2) is 7.75. The summed E-state index contributed by atoms with van der Waals surface area (Å²) in [6.45, 7) is 4.48. The van der Waals surface area contributed by atoms with Gasteiger partial charge in [-0.2, -0.15) is 0 Å². The molecule has 1 aromatic carbocycles. The number of aromatic nitrogens is 3. The van der Waals surface area contributed by atoms with Crippen LogP contribution < -0.4 is 14.8 Å². The fourth-order valence-electron chi connectivity index (χ4n) is 3.28. The highest BCUT2D eigenvalue weighted by atomic mass is 35.5. The molecule has 1 amide bonds. The van der Waals surface area contributed by atoms with Crippen molar-refractivity contribution in [2.75, 3.05) is 13.7 Å². The lowest BCUT2D eigenvalue weighted by Crippen LogP contribution is -2.31. The van der Waals surface area contributed by atoms with E-state index in [1.54, 1.807) is 31.5 Å². The van der Waals surface area contributed by atoms with E-state index in [4.69, 9.17) is 21.1 Å². The number of amides is 1. The molecule has 3 heterocycles. The molecule has 0 radical (unpaired) electrons. The number of benzene rings is 1. The van der Waals surface area contributed by atoms with Crippen molar-refractivity contribution in [3.8, 4) is 34.3 Å². The van der Waals surface area contributed by atoms with Crippen LogP contribution in [0.25, 0.3) is 22.8 Å². The maximum absolute atomic E-state index is 12.0. The Morgan fingerprint density at radius 2 is 2.07 bits per heavy atom. The van der Waals surface area contributed by atoms with Crippen LogP contribution in [0.4, 0.5) is 0 Å². The standard InChI is InChI=1S/C21H21ClN4O3/c1-11(2)29-19-14(22)8-12(9-18(19)28-3)20-23-6-5-16(26-20)17-10-13-15(25-17)4-7-24-21(13)27/h5-6,8-11,25H,4,7H2,1-3H3,(H,24,27). The number of nitrogens with one attached hydrogen (secondary N) is 2. The number of halogens is 1. The van der Waals surface area contributed by atoms with Crippen LogP contribution >= 0.6 is 11.6 Å². The van der Waals surface area contributed by atoms with Crippen molar-refractivity contribution in [3.63, 3.8) is 0 Å². The van der Waals surface area contributed by atoms with E-state index in [1.807, 2.05) is 19.9 Å². The van der Waals surface area contributed by atoms with Crippen LogP contribution in [0.3, 0.4) is 0 Å². The van der Waals surface area contributed by atoms with Crippen molar-refractivity contribution in [2.24, 2.45) is 0 Å². The Morgan fingerprint density at radius 1 is 1.24 bits per heavy atom. The molecule has 7 nitrogen and oxygen atoms in total. The Balaban J connectivity index is 1.73. The third-order valence-corrected chi connectivity index (χ3v) is 4.86. The van der Waals surface area contributed by atoms with E-state index >= 15 is 0 Å². The average molecular weight is 413 g/mol. The zero-order valence-corrected chi connectivity index (χ0v) is 17.1. The number of aromatic amines is 1. The molecule has 0 unspecified atom stereocenters. The molecule has 1 aliphatic heterocycles. The average Bonchev–Trinajstić information content (AvgIpc) is 3.15. The molecule has 150 valence electrons. The first kappa shape index (κ1) is 19.3. The van der Waals surface area contributed by atoms with Gasteiger partial charge in [-0.25, -0.2) is 9.97 Å². The van der Waals surface area contributed by atoms with Gasteiger partial charge in [0.2, 0.25) is 0 Å². The van der Waals surface area contributed by atoms with Crippen LogP contribution in [0, 0.1) is 0 Å².